The predicted molar refractivity (Wildman–Crippen MR) is 70.0 cm³/mol. The van der Waals surface area contributed by atoms with Crippen LogP contribution in [0.5, 0.6) is 11.6 Å². The summed E-state index contributed by atoms with van der Waals surface area (Å²) in [6.45, 7) is 3.54. The number of aryl methyl sites for hydroxylation is 2. The number of ether oxygens (including phenoxy) is 1. The van der Waals surface area contributed by atoms with E-state index in [1.165, 1.54) is 18.2 Å². The fourth-order valence-electron chi connectivity index (χ4n) is 1.61. The first-order valence-corrected chi connectivity index (χ1v) is 5.86. The van der Waals surface area contributed by atoms with Crippen molar-refractivity contribution >= 4 is 17.6 Å². The van der Waals surface area contributed by atoms with Crippen molar-refractivity contribution in [1.82, 2.24) is 9.97 Å². The number of carboxylic acids is 1. The molecule has 0 saturated carbocycles. The number of halogens is 1. The SMILES string of the molecule is Cc1cc(Oc2cc(Cl)ccc2C(=O)O)nc(C)n1. The molecule has 1 aromatic heterocycles. The summed E-state index contributed by atoms with van der Waals surface area (Å²) in [4.78, 5) is 19.3. The van der Waals surface area contributed by atoms with Crippen LogP contribution in [-0.4, -0.2) is 21.0 Å². The lowest BCUT2D eigenvalue weighted by molar-refractivity contribution is 0.0694. The Kier molecular flexibility index (Phi) is 3.66. The van der Waals surface area contributed by atoms with Gasteiger partial charge in [-0.15, -0.1) is 0 Å². The fraction of sp³-hybridized carbons (Fsp3) is 0.154. The number of rotatable bonds is 3. The summed E-state index contributed by atoms with van der Waals surface area (Å²) in [5.74, 6) is -0.102. The number of nitrogens with zero attached hydrogens (tertiary/aromatic N) is 2. The standard InChI is InChI=1S/C13H11ClN2O3/c1-7-5-12(16-8(2)15-7)19-11-6-9(14)3-4-10(11)13(17)18/h3-6H,1-2H3,(H,17,18). The summed E-state index contributed by atoms with van der Waals surface area (Å²) in [6.07, 6.45) is 0. The summed E-state index contributed by atoms with van der Waals surface area (Å²) in [7, 11) is 0. The largest absolute Gasteiger partial charge is 0.478 e. The maximum absolute atomic E-state index is 11.1. The van der Waals surface area contributed by atoms with E-state index in [1.807, 2.05) is 0 Å². The highest BCUT2D eigenvalue weighted by atomic mass is 35.5. The maximum atomic E-state index is 11.1. The Labute approximate surface area is 114 Å². The van der Waals surface area contributed by atoms with E-state index in [0.717, 1.165) is 5.69 Å². The second kappa shape index (κ2) is 5.24. The lowest BCUT2D eigenvalue weighted by atomic mass is 10.2. The molecule has 0 amide bonds. The highest BCUT2D eigenvalue weighted by molar-refractivity contribution is 6.30. The lowest BCUT2D eigenvalue weighted by Crippen LogP contribution is -2.01. The molecule has 1 N–H and O–H groups in total. The van der Waals surface area contributed by atoms with Crippen molar-refractivity contribution in [3.05, 3.63) is 46.4 Å². The summed E-state index contributed by atoms with van der Waals surface area (Å²) < 4.78 is 5.50. The van der Waals surface area contributed by atoms with Gasteiger partial charge in [0.2, 0.25) is 5.88 Å². The monoisotopic (exact) mass is 278 g/mol. The highest BCUT2D eigenvalue weighted by Crippen LogP contribution is 2.27. The minimum Gasteiger partial charge on any atom is -0.478 e. The van der Waals surface area contributed by atoms with Crippen LogP contribution in [0, 0.1) is 13.8 Å². The summed E-state index contributed by atoms with van der Waals surface area (Å²) in [6, 6.07) is 5.95. The third-order valence-corrected chi connectivity index (χ3v) is 2.57. The van der Waals surface area contributed by atoms with Gasteiger partial charge in [0.1, 0.15) is 17.1 Å². The van der Waals surface area contributed by atoms with Crippen LogP contribution in [0.15, 0.2) is 24.3 Å². The van der Waals surface area contributed by atoms with Crippen molar-refractivity contribution in [2.75, 3.05) is 0 Å². The number of hydrogen-bond donors (Lipinski definition) is 1. The number of benzene rings is 1. The molecule has 98 valence electrons. The lowest BCUT2D eigenvalue weighted by Gasteiger charge is -2.09. The van der Waals surface area contributed by atoms with Gasteiger partial charge >= 0.3 is 5.97 Å². The molecule has 2 aromatic rings. The number of carboxylic acid groups (broad SMARTS) is 1. The molecule has 0 spiro atoms. The van der Waals surface area contributed by atoms with E-state index < -0.39 is 5.97 Å². The zero-order valence-electron chi connectivity index (χ0n) is 10.3. The number of carbonyl (C=O) groups is 1. The number of aromatic nitrogens is 2. The molecule has 0 fully saturated rings. The molecule has 1 aromatic carbocycles. The van der Waals surface area contributed by atoms with Crippen molar-refractivity contribution in [3.8, 4) is 11.6 Å². The molecule has 0 aliphatic heterocycles. The van der Waals surface area contributed by atoms with Gasteiger partial charge in [0.15, 0.2) is 0 Å². The normalized spacial score (nSPS) is 10.3. The van der Waals surface area contributed by atoms with Crippen molar-refractivity contribution in [3.63, 3.8) is 0 Å². The van der Waals surface area contributed by atoms with Crippen molar-refractivity contribution in [2.45, 2.75) is 13.8 Å². The Morgan fingerprint density at radius 1 is 1.26 bits per heavy atom. The van der Waals surface area contributed by atoms with Crippen molar-refractivity contribution < 1.29 is 14.6 Å². The van der Waals surface area contributed by atoms with Crippen LogP contribution < -0.4 is 4.74 Å². The Balaban J connectivity index is 2.42. The Bertz CT molecular complexity index is 624. The molecule has 0 bridgehead atoms. The first-order valence-electron chi connectivity index (χ1n) is 5.48. The maximum Gasteiger partial charge on any atom is 0.339 e. The Morgan fingerprint density at radius 2 is 2.00 bits per heavy atom. The Hall–Kier alpha value is -2.14. The average Bonchev–Trinajstić information content (AvgIpc) is 2.26. The van der Waals surface area contributed by atoms with Crippen molar-refractivity contribution in [1.29, 1.82) is 0 Å². The molecule has 6 heteroatoms. The smallest absolute Gasteiger partial charge is 0.339 e. The third-order valence-electron chi connectivity index (χ3n) is 2.33. The quantitative estimate of drug-likeness (QED) is 0.933. The first-order chi connectivity index (χ1) is 8.95. The summed E-state index contributed by atoms with van der Waals surface area (Å²) in [5.41, 5.74) is 0.764. The van der Waals surface area contributed by atoms with E-state index in [-0.39, 0.29) is 17.2 Å². The zero-order valence-corrected chi connectivity index (χ0v) is 11.1. The van der Waals surface area contributed by atoms with Crippen LogP contribution in [0.3, 0.4) is 0 Å². The predicted octanol–water partition coefficient (Wildman–Crippen LogP) is 3.24. The van der Waals surface area contributed by atoms with Crippen LogP contribution in [0.25, 0.3) is 0 Å². The molecule has 2 rings (SSSR count). The molecule has 1 heterocycles. The van der Waals surface area contributed by atoms with Crippen molar-refractivity contribution in [2.24, 2.45) is 0 Å². The zero-order chi connectivity index (χ0) is 14.0. The van der Waals surface area contributed by atoms with Crippen LogP contribution in [-0.2, 0) is 0 Å². The molecule has 19 heavy (non-hydrogen) atoms. The van der Waals surface area contributed by atoms with E-state index in [4.69, 9.17) is 21.4 Å². The van der Waals surface area contributed by atoms with Gasteiger partial charge in [-0.25, -0.2) is 9.78 Å². The fourth-order valence-corrected chi connectivity index (χ4v) is 1.77. The second-order valence-corrected chi connectivity index (χ2v) is 4.38. The average molecular weight is 279 g/mol. The van der Waals surface area contributed by atoms with Gasteiger partial charge in [0.25, 0.3) is 0 Å². The molecule has 0 aliphatic rings. The topological polar surface area (TPSA) is 72.3 Å². The van der Waals surface area contributed by atoms with Gasteiger partial charge in [-0.1, -0.05) is 11.6 Å². The second-order valence-electron chi connectivity index (χ2n) is 3.94. The van der Waals surface area contributed by atoms with Crippen LogP contribution in [0.2, 0.25) is 5.02 Å². The molecule has 0 aliphatic carbocycles. The molecule has 0 atom stereocenters. The molecule has 0 saturated heterocycles. The van der Waals surface area contributed by atoms with Crippen LogP contribution in [0.1, 0.15) is 21.9 Å². The van der Waals surface area contributed by atoms with Gasteiger partial charge in [0, 0.05) is 22.8 Å². The van der Waals surface area contributed by atoms with Gasteiger partial charge in [0.05, 0.1) is 0 Å². The minimum absolute atomic E-state index is 0.0262. The molecular formula is C13H11ClN2O3. The summed E-state index contributed by atoms with van der Waals surface area (Å²) in [5, 5.41) is 9.48. The van der Waals surface area contributed by atoms with Gasteiger partial charge in [-0.05, 0) is 26.0 Å². The van der Waals surface area contributed by atoms with E-state index in [0.29, 0.717) is 10.8 Å². The van der Waals surface area contributed by atoms with E-state index in [9.17, 15) is 4.79 Å². The van der Waals surface area contributed by atoms with Crippen LogP contribution >= 0.6 is 11.6 Å². The van der Waals surface area contributed by atoms with Gasteiger partial charge in [-0.3, -0.25) is 0 Å². The Morgan fingerprint density at radius 3 is 2.63 bits per heavy atom. The van der Waals surface area contributed by atoms with Gasteiger partial charge in [-0.2, -0.15) is 4.98 Å². The third kappa shape index (κ3) is 3.20. The molecule has 0 radical (unpaired) electrons. The van der Waals surface area contributed by atoms with E-state index in [1.54, 1.807) is 19.9 Å². The van der Waals surface area contributed by atoms with Crippen LogP contribution in [0.4, 0.5) is 0 Å². The highest BCUT2D eigenvalue weighted by Gasteiger charge is 2.13. The molecular weight excluding hydrogens is 268 g/mol. The first kappa shape index (κ1) is 13.3. The number of aromatic carboxylic acids is 1. The number of hydrogen-bond acceptors (Lipinski definition) is 4. The summed E-state index contributed by atoms with van der Waals surface area (Å²) >= 11 is 5.84. The minimum atomic E-state index is -1.09. The van der Waals surface area contributed by atoms with Gasteiger partial charge < -0.3 is 9.84 Å². The van der Waals surface area contributed by atoms with E-state index in [2.05, 4.69) is 9.97 Å². The molecule has 0 unspecified atom stereocenters. The molecule has 5 nitrogen and oxygen atoms in total. The van der Waals surface area contributed by atoms with E-state index >= 15 is 0 Å².